The Labute approximate surface area is 158 Å². The summed E-state index contributed by atoms with van der Waals surface area (Å²) < 4.78 is 7.40. The van der Waals surface area contributed by atoms with Crippen LogP contribution in [0.5, 0.6) is 0 Å². The third-order valence-electron chi connectivity index (χ3n) is 4.05. The molecule has 5 nitrogen and oxygen atoms in total. The van der Waals surface area contributed by atoms with Crippen LogP contribution in [0.3, 0.4) is 0 Å². The van der Waals surface area contributed by atoms with Crippen LogP contribution in [0.2, 0.25) is 0 Å². The van der Waals surface area contributed by atoms with Gasteiger partial charge in [-0.25, -0.2) is 9.97 Å². The second-order valence-electron chi connectivity index (χ2n) is 5.94. The molecule has 0 spiro atoms. The van der Waals surface area contributed by atoms with E-state index in [1.807, 2.05) is 49.6 Å². The summed E-state index contributed by atoms with van der Waals surface area (Å²) in [5.74, 6) is 2.88. The summed E-state index contributed by atoms with van der Waals surface area (Å²) in [4.78, 5) is 22.6. The van der Waals surface area contributed by atoms with Gasteiger partial charge in [-0.2, -0.15) is 0 Å². The molecule has 0 fully saturated rings. The van der Waals surface area contributed by atoms with E-state index in [-0.39, 0.29) is 5.56 Å². The molecule has 0 aliphatic carbocycles. The van der Waals surface area contributed by atoms with Crippen LogP contribution < -0.4 is 5.56 Å². The summed E-state index contributed by atoms with van der Waals surface area (Å²) in [6, 6.07) is 11.3. The zero-order valence-electron chi connectivity index (χ0n) is 14.4. The lowest BCUT2D eigenvalue weighted by Gasteiger charge is -2.06. The van der Waals surface area contributed by atoms with E-state index in [1.54, 1.807) is 33.6 Å². The highest BCUT2D eigenvalue weighted by Crippen LogP contribution is 2.28. The average Bonchev–Trinajstić information content (AvgIpc) is 3.25. The molecule has 26 heavy (non-hydrogen) atoms. The van der Waals surface area contributed by atoms with Crippen molar-refractivity contribution in [1.29, 1.82) is 0 Å². The van der Waals surface area contributed by atoms with Crippen molar-refractivity contribution in [1.82, 2.24) is 14.4 Å². The van der Waals surface area contributed by atoms with E-state index in [9.17, 15) is 4.79 Å². The van der Waals surface area contributed by atoms with Gasteiger partial charge in [-0.3, -0.25) is 9.20 Å². The maximum atomic E-state index is 12.3. The number of thiophene rings is 1. The quantitative estimate of drug-likeness (QED) is 0.509. The molecule has 0 bridgehead atoms. The number of rotatable bonds is 5. The molecule has 7 heteroatoms. The lowest BCUT2D eigenvalue weighted by molar-refractivity contribution is 0.542. The second kappa shape index (κ2) is 7.09. The smallest absolute Gasteiger partial charge is 0.258 e. The van der Waals surface area contributed by atoms with Crippen molar-refractivity contribution in [3.63, 3.8) is 0 Å². The molecule has 0 aliphatic heterocycles. The van der Waals surface area contributed by atoms with Gasteiger partial charge >= 0.3 is 0 Å². The summed E-state index contributed by atoms with van der Waals surface area (Å²) >= 11 is 3.29. The molecule has 132 valence electrons. The van der Waals surface area contributed by atoms with Crippen LogP contribution in [0.25, 0.3) is 16.4 Å². The molecule has 0 saturated carbocycles. The molecule has 4 aromatic heterocycles. The molecule has 0 aromatic carbocycles. The first kappa shape index (κ1) is 17.1. The van der Waals surface area contributed by atoms with E-state index in [1.165, 1.54) is 0 Å². The van der Waals surface area contributed by atoms with Gasteiger partial charge in [0.1, 0.15) is 11.4 Å². The van der Waals surface area contributed by atoms with E-state index in [0.29, 0.717) is 17.3 Å². The first-order valence-electron chi connectivity index (χ1n) is 8.18. The Morgan fingerprint density at radius 3 is 2.85 bits per heavy atom. The zero-order valence-corrected chi connectivity index (χ0v) is 16.1. The van der Waals surface area contributed by atoms with Crippen molar-refractivity contribution in [2.24, 2.45) is 0 Å². The normalized spacial score (nSPS) is 11.3. The predicted octanol–water partition coefficient (Wildman–Crippen LogP) is 4.46. The van der Waals surface area contributed by atoms with Crippen molar-refractivity contribution in [3.05, 3.63) is 75.0 Å². The lowest BCUT2D eigenvalue weighted by atomic mass is 10.3. The molecule has 0 saturated heterocycles. The standard InChI is InChI=1S/C19H17N3O2S2/c1-12-5-3-7-17-20-14(9-18(23)22(12)17)10-25-11-15-13(2)24-19(21-15)16-6-4-8-26-16/h3-9H,10-11H2,1-2H3. The molecule has 0 radical (unpaired) electrons. The summed E-state index contributed by atoms with van der Waals surface area (Å²) in [5, 5.41) is 2.01. The number of oxazole rings is 1. The van der Waals surface area contributed by atoms with Crippen molar-refractivity contribution >= 4 is 28.7 Å². The minimum absolute atomic E-state index is 0.0405. The first-order valence-corrected chi connectivity index (χ1v) is 10.2. The van der Waals surface area contributed by atoms with Crippen LogP contribution in [0.15, 0.2) is 51.0 Å². The van der Waals surface area contributed by atoms with Gasteiger partial charge in [0.05, 0.1) is 16.3 Å². The molecular weight excluding hydrogens is 366 g/mol. The number of pyridine rings is 1. The van der Waals surface area contributed by atoms with Gasteiger partial charge in [0, 0.05) is 23.3 Å². The van der Waals surface area contributed by atoms with E-state index in [4.69, 9.17) is 4.42 Å². The summed E-state index contributed by atoms with van der Waals surface area (Å²) in [7, 11) is 0. The Morgan fingerprint density at radius 1 is 1.15 bits per heavy atom. The zero-order chi connectivity index (χ0) is 18.1. The number of aryl methyl sites for hydroxylation is 2. The second-order valence-corrected chi connectivity index (χ2v) is 7.87. The Bertz CT molecular complexity index is 1110. The van der Waals surface area contributed by atoms with Gasteiger partial charge < -0.3 is 4.42 Å². The molecule has 0 amide bonds. The van der Waals surface area contributed by atoms with Gasteiger partial charge in [-0.1, -0.05) is 12.1 Å². The number of fused-ring (bicyclic) bond motifs is 1. The fraction of sp³-hybridized carbons (Fsp3) is 0.211. The molecule has 0 unspecified atom stereocenters. The number of nitrogens with zero attached hydrogens (tertiary/aromatic N) is 3. The van der Waals surface area contributed by atoms with Crippen molar-refractivity contribution < 1.29 is 4.42 Å². The summed E-state index contributed by atoms with van der Waals surface area (Å²) in [6.07, 6.45) is 0. The number of hydrogen-bond donors (Lipinski definition) is 0. The van der Waals surface area contributed by atoms with Crippen molar-refractivity contribution in [2.45, 2.75) is 25.4 Å². The topological polar surface area (TPSA) is 60.4 Å². The fourth-order valence-electron chi connectivity index (χ4n) is 2.76. The lowest BCUT2D eigenvalue weighted by Crippen LogP contribution is -2.17. The number of aromatic nitrogens is 3. The third-order valence-corrected chi connectivity index (χ3v) is 5.88. The van der Waals surface area contributed by atoms with Crippen LogP contribution in [0.4, 0.5) is 0 Å². The summed E-state index contributed by atoms with van der Waals surface area (Å²) in [6.45, 7) is 3.84. The third kappa shape index (κ3) is 3.32. The number of thioether (sulfide) groups is 1. The van der Waals surface area contributed by atoms with E-state index in [0.717, 1.165) is 33.5 Å². The highest BCUT2D eigenvalue weighted by molar-refractivity contribution is 7.97. The van der Waals surface area contributed by atoms with E-state index >= 15 is 0 Å². The van der Waals surface area contributed by atoms with Crippen LogP contribution >= 0.6 is 23.1 Å². The molecule has 0 N–H and O–H groups in total. The minimum Gasteiger partial charge on any atom is -0.440 e. The Balaban J connectivity index is 1.49. The molecule has 4 heterocycles. The predicted molar refractivity (Wildman–Crippen MR) is 106 cm³/mol. The van der Waals surface area contributed by atoms with Gasteiger partial charge in [0.15, 0.2) is 0 Å². The van der Waals surface area contributed by atoms with Crippen LogP contribution in [0, 0.1) is 13.8 Å². The molecular formula is C19H17N3O2S2. The summed E-state index contributed by atoms with van der Waals surface area (Å²) in [5.41, 5.74) is 3.25. The van der Waals surface area contributed by atoms with Gasteiger partial charge in [-0.15, -0.1) is 23.1 Å². The monoisotopic (exact) mass is 383 g/mol. The highest BCUT2D eigenvalue weighted by Gasteiger charge is 2.12. The van der Waals surface area contributed by atoms with Crippen LogP contribution in [-0.2, 0) is 11.5 Å². The Morgan fingerprint density at radius 2 is 2.04 bits per heavy atom. The molecule has 4 rings (SSSR count). The maximum absolute atomic E-state index is 12.3. The fourth-order valence-corrected chi connectivity index (χ4v) is 4.33. The highest BCUT2D eigenvalue weighted by atomic mass is 32.2. The first-order chi connectivity index (χ1) is 12.6. The minimum atomic E-state index is -0.0405. The SMILES string of the molecule is Cc1oc(-c2cccs2)nc1CSCc1cc(=O)n2c(C)cccc2n1. The Kier molecular flexibility index (Phi) is 4.65. The van der Waals surface area contributed by atoms with Crippen LogP contribution in [0.1, 0.15) is 22.8 Å². The van der Waals surface area contributed by atoms with Crippen molar-refractivity contribution in [2.75, 3.05) is 0 Å². The maximum Gasteiger partial charge on any atom is 0.258 e. The number of hydrogen-bond acceptors (Lipinski definition) is 6. The molecule has 4 aromatic rings. The van der Waals surface area contributed by atoms with Gasteiger partial charge in [-0.05, 0) is 37.4 Å². The average molecular weight is 383 g/mol. The molecule has 0 aliphatic rings. The Hall–Kier alpha value is -2.38. The van der Waals surface area contributed by atoms with Crippen molar-refractivity contribution in [3.8, 4) is 10.8 Å². The van der Waals surface area contributed by atoms with E-state index in [2.05, 4.69) is 9.97 Å². The van der Waals surface area contributed by atoms with Gasteiger partial charge in [0.2, 0.25) is 5.89 Å². The van der Waals surface area contributed by atoms with Crippen LogP contribution in [-0.4, -0.2) is 14.4 Å². The largest absolute Gasteiger partial charge is 0.440 e. The van der Waals surface area contributed by atoms with Gasteiger partial charge in [0.25, 0.3) is 5.56 Å². The molecule has 0 atom stereocenters. The van der Waals surface area contributed by atoms with E-state index < -0.39 is 0 Å².